The summed E-state index contributed by atoms with van der Waals surface area (Å²) in [6.45, 7) is 5.21. The van der Waals surface area contributed by atoms with Gasteiger partial charge in [-0.3, -0.25) is 4.79 Å². The number of carbonyl (C=O) groups excluding carboxylic acids is 1. The summed E-state index contributed by atoms with van der Waals surface area (Å²) in [5.74, 6) is 1.90. The van der Waals surface area contributed by atoms with Crippen LogP contribution in [0.5, 0.6) is 5.75 Å². The Morgan fingerprint density at radius 2 is 2.00 bits per heavy atom. The van der Waals surface area contributed by atoms with Gasteiger partial charge < -0.3 is 14.2 Å². The Morgan fingerprint density at radius 3 is 2.79 bits per heavy atom. The summed E-state index contributed by atoms with van der Waals surface area (Å²) in [6, 6.07) is 13.8. The second kappa shape index (κ2) is 7.46. The first-order chi connectivity index (χ1) is 13.5. The van der Waals surface area contributed by atoms with Gasteiger partial charge in [-0.15, -0.1) is 0 Å². The summed E-state index contributed by atoms with van der Waals surface area (Å²) in [7, 11) is 1.64. The molecule has 1 atom stereocenters. The number of hydrogen-bond donors (Lipinski definition) is 0. The minimum Gasteiger partial charge on any atom is -0.496 e. The lowest BCUT2D eigenvalue weighted by atomic mass is 10.1. The standard InChI is InChI=1S/C22H23N3O3/c1-14-8-9-16(10-15(14)2)22-23-21(24-28-22)18-11-20(26)25(13-18)12-17-6-4-5-7-19(17)27-3/h4-10,18H,11-13H2,1-3H3. The van der Waals surface area contributed by atoms with Gasteiger partial charge in [-0.05, 0) is 43.2 Å². The molecule has 1 unspecified atom stereocenters. The number of methoxy groups -OCH3 is 1. The minimum absolute atomic E-state index is 0.0637. The van der Waals surface area contributed by atoms with Crippen LogP contribution in [-0.2, 0) is 11.3 Å². The van der Waals surface area contributed by atoms with Gasteiger partial charge in [0.1, 0.15) is 5.75 Å². The van der Waals surface area contributed by atoms with Crippen LogP contribution in [0, 0.1) is 13.8 Å². The maximum Gasteiger partial charge on any atom is 0.257 e. The molecule has 28 heavy (non-hydrogen) atoms. The van der Waals surface area contributed by atoms with E-state index in [2.05, 4.69) is 24.0 Å². The molecule has 1 aliphatic rings. The van der Waals surface area contributed by atoms with Crippen molar-refractivity contribution in [2.45, 2.75) is 32.7 Å². The number of aromatic nitrogens is 2. The van der Waals surface area contributed by atoms with Crippen LogP contribution < -0.4 is 4.74 Å². The van der Waals surface area contributed by atoms with Gasteiger partial charge in [0.25, 0.3) is 5.89 Å². The molecule has 144 valence electrons. The Labute approximate surface area is 164 Å². The average molecular weight is 377 g/mol. The van der Waals surface area contributed by atoms with Crippen molar-refractivity contribution in [3.05, 3.63) is 65.0 Å². The topological polar surface area (TPSA) is 68.5 Å². The number of aryl methyl sites for hydroxylation is 2. The number of nitrogens with zero attached hydrogens (tertiary/aromatic N) is 3. The van der Waals surface area contributed by atoms with E-state index in [1.165, 1.54) is 11.1 Å². The van der Waals surface area contributed by atoms with E-state index in [0.29, 0.717) is 31.2 Å². The van der Waals surface area contributed by atoms with Crippen molar-refractivity contribution >= 4 is 5.91 Å². The molecule has 0 aliphatic carbocycles. The van der Waals surface area contributed by atoms with E-state index in [1.54, 1.807) is 7.11 Å². The summed E-state index contributed by atoms with van der Waals surface area (Å²) in [5, 5.41) is 4.15. The van der Waals surface area contributed by atoms with Crippen molar-refractivity contribution in [3.8, 4) is 17.2 Å². The van der Waals surface area contributed by atoms with Crippen LogP contribution in [0.25, 0.3) is 11.5 Å². The molecule has 4 rings (SSSR count). The average Bonchev–Trinajstić information content (AvgIpc) is 3.32. The Kier molecular flexibility index (Phi) is 4.86. The Balaban J connectivity index is 1.50. The number of benzene rings is 2. The molecule has 2 heterocycles. The lowest BCUT2D eigenvalue weighted by Gasteiger charge is -2.17. The van der Waals surface area contributed by atoms with Crippen molar-refractivity contribution in [2.75, 3.05) is 13.7 Å². The molecule has 0 radical (unpaired) electrons. The van der Waals surface area contributed by atoms with Gasteiger partial charge in [0.15, 0.2) is 5.82 Å². The van der Waals surface area contributed by atoms with Gasteiger partial charge in [-0.25, -0.2) is 0 Å². The smallest absolute Gasteiger partial charge is 0.257 e. The zero-order valence-corrected chi connectivity index (χ0v) is 16.3. The number of likely N-dealkylation sites (tertiary alicyclic amines) is 1. The summed E-state index contributed by atoms with van der Waals surface area (Å²) in [6.07, 6.45) is 0.390. The SMILES string of the molecule is COc1ccccc1CN1CC(c2noc(-c3ccc(C)c(C)c3)n2)CC1=O. The first-order valence-electron chi connectivity index (χ1n) is 9.36. The van der Waals surface area contributed by atoms with Gasteiger partial charge in [0.05, 0.1) is 7.11 Å². The van der Waals surface area contributed by atoms with Crippen LogP contribution in [0.15, 0.2) is 47.0 Å². The predicted molar refractivity (Wildman–Crippen MR) is 105 cm³/mol. The quantitative estimate of drug-likeness (QED) is 0.675. The molecular weight excluding hydrogens is 354 g/mol. The largest absolute Gasteiger partial charge is 0.496 e. The van der Waals surface area contributed by atoms with E-state index in [4.69, 9.17) is 9.26 Å². The molecule has 1 saturated heterocycles. The third-order valence-electron chi connectivity index (χ3n) is 5.33. The van der Waals surface area contributed by atoms with Crippen molar-refractivity contribution in [1.82, 2.24) is 15.0 Å². The molecule has 3 aromatic rings. The van der Waals surface area contributed by atoms with Crippen LogP contribution in [0.2, 0.25) is 0 Å². The monoisotopic (exact) mass is 377 g/mol. The molecule has 1 aliphatic heterocycles. The number of amides is 1. The summed E-state index contributed by atoms with van der Waals surface area (Å²) in [5.41, 5.74) is 4.29. The highest BCUT2D eigenvalue weighted by molar-refractivity contribution is 5.79. The second-order valence-electron chi connectivity index (χ2n) is 7.24. The lowest BCUT2D eigenvalue weighted by Crippen LogP contribution is -2.24. The first kappa shape index (κ1) is 18.2. The Bertz CT molecular complexity index is 1010. The van der Waals surface area contributed by atoms with Crippen molar-refractivity contribution in [1.29, 1.82) is 0 Å². The highest BCUT2D eigenvalue weighted by Crippen LogP contribution is 2.31. The first-order valence-corrected chi connectivity index (χ1v) is 9.36. The van der Waals surface area contributed by atoms with Gasteiger partial charge in [-0.2, -0.15) is 4.98 Å². The third kappa shape index (κ3) is 3.50. The fourth-order valence-electron chi connectivity index (χ4n) is 3.53. The Hall–Kier alpha value is -3.15. The number of ether oxygens (including phenoxy) is 1. The van der Waals surface area contributed by atoms with E-state index in [0.717, 1.165) is 16.9 Å². The highest BCUT2D eigenvalue weighted by Gasteiger charge is 2.34. The molecule has 1 fully saturated rings. The molecule has 0 bridgehead atoms. The maximum atomic E-state index is 12.5. The molecule has 0 N–H and O–H groups in total. The zero-order chi connectivity index (χ0) is 19.7. The fraction of sp³-hybridized carbons (Fsp3) is 0.318. The van der Waals surface area contributed by atoms with Gasteiger partial charge in [0.2, 0.25) is 5.91 Å². The second-order valence-corrected chi connectivity index (χ2v) is 7.24. The van der Waals surface area contributed by atoms with Crippen LogP contribution in [0.3, 0.4) is 0 Å². The molecule has 6 heteroatoms. The number of hydrogen-bond acceptors (Lipinski definition) is 5. The summed E-state index contributed by atoms with van der Waals surface area (Å²) in [4.78, 5) is 18.9. The van der Waals surface area contributed by atoms with Gasteiger partial charge in [-0.1, -0.05) is 29.4 Å². The molecule has 1 aromatic heterocycles. The van der Waals surface area contributed by atoms with Gasteiger partial charge >= 0.3 is 0 Å². The fourth-order valence-corrected chi connectivity index (χ4v) is 3.53. The number of para-hydroxylation sites is 1. The maximum absolute atomic E-state index is 12.5. The van der Waals surface area contributed by atoms with E-state index < -0.39 is 0 Å². The van der Waals surface area contributed by atoms with E-state index in [9.17, 15) is 4.79 Å². The van der Waals surface area contributed by atoms with E-state index in [-0.39, 0.29) is 11.8 Å². The lowest BCUT2D eigenvalue weighted by molar-refractivity contribution is -0.128. The van der Waals surface area contributed by atoms with Gasteiger partial charge in [0, 0.05) is 36.6 Å². The minimum atomic E-state index is -0.0637. The number of rotatable bonds is 5. The predicted octanol–water partition coefficient (Wildman–Crippen LogP) is 3.88. The van der Waals surface area contributed by atoms with Crippen LogP contribution in [0.4, 0.5) is 0 Å². The number of carbonyl (C=O) groups is 1. The van der Waals surface area contributed by atoms with E-state index >= 15 is 0 Å². The molecule has 2 aromatic carbocycles. The Morgan fingerprint density at radius 1 is 1.18 bits per heavy atom. The van der Waals surface area contributed by atoms with Crippen LogP contribution in [-0.4, -0.2) is 34.6 Å². The third-order valence-corrected chi connectivity index (χ3v) is 5.33. The molecule has 6 nitrogen and oxygen atoms in total. The van der Waals surface area contributed by atoms with Crippen molar-refractivity contribution < 1.29 is 14.1 Å². The normalized spacial score (nSPS) is 16.6. The molecular formula is C22H23N3O3. The summed E-state index contributed by atoms with van der Waals surface area (Å²) >= 11 is 0. The zero-order valence-electron chi connectivity index (χ0n) is 16.3. The van der Waals surface area contributed by atoms with Crippen molar-refractivity contribution in [2.24, 2.45) is 0 Å². The summed E-state index contributed by atoms with van der Waals surface area (Å²) < 4.78 is 10.9. The molecule has 0 saturated carbocycles. The van der Waals surface area contributed by atoms with Crippen LogP contribution >= 0.6 is 0 Å². The van der Waals surface area contributed by atoms with E-state index in [1.807, 2.05) is 47.4 Å². The molecule has 0 spiro atoms. The molecule has 1 amide bonds. The van der Waals surface area contributed by atoms with Crippen LogP contribution in [0.1, 0.15) is 34.9 Å². The van der Waals surface area contributed by atoms with Crippen molar-refractivity contribution in [3.63, 3.8) is 0 Å². The highest BCUT2D eigenvalue weighted by atomic mass is 16.5.